The summed E-state index contributed by atoms with van der Waals surface area (Å²) in [5.41, 5.74) is 1.25. The molecule has 0 spiro atoms. The molecule has 0 aliphatic carbocycles. The molecule has 0 N–H and O–H groups in total. The molecule has 0 aliphatic heterocycles. The molecule has 3 nitrogen and oxygen atoms in total. The average molecular weight is 383 g/mol. The van der Waals surface area contributed by atoms with E-state index in [1.165, 1.54) is 5.56 Å². The smallest absolute Gasteiger partial charge is 0.145 e. The SMILES string of the molecule is CN(Cc1cccc(Br)c1)Cc1nc(Cl)c2ccsc2n1. The molecule has 108 valence electrons. The molecule has 0 saturated carbocycles. The second-order valence-corrected chi connectivity index (χ2v) is 7.04. The van der Waals surface area contributed by atoms with Crippen molar-refractivity contribution in [3.8, 4) is 0 Å². The molecular formula is C15H13BrClN3S. The van der Waals surface area contributed by atoms with E-state index in [2.05, 4.69) is 50.0 Å². The highest BCUT2D eigenvalue weighted by Crippen LogP contribution is 2.25. The van der Waals surface area contributed by atoms with E-state index in [-0.39, 0.29) is 0 Å². The van der Waals surface area contributed by atoms with E-state index in [0.29, 0.717) is 11.7 Å². The van der Waals surface area contributed by atoms with E-state index < -0.39 is 0 Å². The van der Waals surface area contributed by atoms with Crippen molar-refractivity contribution in [2.45, 2.75) is 13.1 Å². The van der Waals surface area contributed by atoms with Crippen LogP contribution in [-0.4, -0.2) is 21.9 Å². The second kappa shape index (κ2) is 6.40. The van der Waals surface area contributed by atoms with E-state index in [1.807, 2.05) is 23.6 Å². The summed E-state index contributed by atoms with van der Waals surface area (Å²) in [4.78, 5) is 12.1. The fourth-order valence-corrected chi connectivity index (χ4v) is 3.71. The first-order valence-corrected chi connectivity index (χ1v) is 8.49. The van der Waals surface area contributed by atoms with Crippen LogP contribution in [0.5, 0.6) is 0 Å². The number of halogens is 2. The van der Waals surface area contributed by atoms with Crippen LogP contribution < -0.4 is 0 Å². The molecule has 2 aromatic heterocycles. The van der Waals surface area contributed by atoms with Gasteiger partial charge in [0.1, 0.15) is 15.8 Å². The highest BCUT2D eigenvalue weighted by atomic mass is 79.9. The first kappa shape index (κ1) is 14.9. The maximum Gasteiger partial charge on any atom is 0.145 e. The lowest BCUT2D eigenvalue weighted by atomic mass is 10.2. The number of aromatic nitrogens is 2. The van der Waals surface area contributed by atoms with E-state index in [9.17, 15) is 0 Å². The molecule has 21 heavy (non-hydrogen) atoms. The Morgan fingerprint density at radius 1 is 1.24 bits per heavy atom. The van der Waals surface area contributed by atoms with Gasteiger partial charge in [0.15, 0.2) is 0 Å². The lowest BCUT2D eigenvalue weighted by Crippen LogP contribution is -2.18. The van der Waals surface area contributed by atoms with Gasteiger partial charge in [-0.3, -0.25) is 4.90 Å². The largest absolute Gasteiger partial charge is 0.295 e. The minimum absolute atomic E-state index is 0.534. The van der Waals surface area contributed by atoms with Gasteiger partial charge < -0.3 is 0 Å². The van der Waals surface area contributed by atoms with Gasteiger partial charge in [-0.2, -0.15) is 0 Å². The van der Waals surface area contributed by atoms with Crippen molar-refractivity contribution >= 4 is 49.1 Å². The molecule has 0 aliphatic rings. The quantitative estimate of drug-likeness (QED) is 0.610. The van der Waals surface area contributed by atoms with Crippen molar-refractivity contribution in [3.63, 3.8) is 0 Å². The van der Waals surface area contributed by atoms with Gasteiger partial charge in [0.05, 0.1) is 6.54 Å². The van der Waals surface area contributed by atoms with Crippen molar-refractivity contribution in [1.82, 2.24) is 14.9 Å². The normalized spacial score (nSPS) is 11.4. The van der Waals surface area contributed by atoms with Crippen LogP contribution in [0.4, 0.5) is 0 Å². The predicted molar refractivity (Wildman–Crippen MR) is 91.7 cm³/mol. The average Bonchev–Trinajstić information content (AvgIpc) is 2.87. The maximum atomic E-state index is 6.20. The van der Waals surface area contributed by atoms with Crippen molar-refractivity contribution in [1.29, 1.82) is 0 Å². The van der Waals surface area contributed by atoms with Gasteiger partial charge in [0.25, 0.3) is 0 Å². The Balaban J connectivity index is 1.75. The Morgan fingerprint density at radius 3 is 2.90 bits per heavy atom. The highest BCUT2D eigenvalue weighted by Gasteiger charge is 2.09. The Bertz CT molecular complexity index is 774. The minimum Gasteiger partial charge on any atom is -0.295 e. The minimum atomic E-state index is 0.534. The number of hydrogen-bond donors (Lipinski definition) is 0. The van der Waals surface area contributed by atoms with Gasteiger partial charge in [-0.25, -0.2) is 9.97 Å². The Hall–Kier alpha value is -1.01. The summed E-state index contributed by atoms with van der Waals surface area (Å²) in [6.07, 6.45) is 0. The van der Waals surface area contributed by atoms with Crippen LogP contribution in [0, 0.1) is 0 Å². The van der Waals surface area contributed by atoms with E-state index in [4.69, 9.17) is 11.6 Å². The summed E-state index contributed by atoms with van der Waals surface area (Å²) in [5.74, 6) is 0.757. The fourth-order valence-electron chi connectivity index (χ4n) is 2.18. The highest BCUT2D eigenvalue weighted by molar-refractivity contribution is 9.10. The fraction of sp³-hybridized carbons (Fsp3) is 0.200. The first-order chi connectivity index (χ1) is 10.1. The molecule has 0 saturated heterocycles. The Morgan fingerprint density at radius 2 is 2.10 bits per heavy atom. The Labute approximate surface area is 140 Å². The standard InChI is InChI=1S/C15H13BrClN3S/c1-20(8-10-3-2-4-11(16)7-10)9-13-18-14(17)12-5-6-21-15(12)19-13/h2-7H,8-9H2,1H3. The zero-order valence-electron chi connectivity index (χ0n) is 11.4. The van der Waals surface area contributed by atoms with Crippen molar-refractivity contribution in [2.24, 2.45) is 0 Å². The molecule has 1 aromatic carbocycles. The van der Waals surface area contributed by atoms with Gasteiger partial charge >= 0.3 is 0 Å². The summed E-state index contributed by atoms with van der Waals surface area (Å²) in [5, 5.41) is 3.45. The van der Waals surface area contributed by atoms with Crippen LogP contribution in [0.2, 0.25) is 5.15 Å². The molecule has 6 heteroatoms. The number of fused-ring (bicyclic) bond motifs is 1. The third-order valence-corrected chi connectivity index (χ3v) is 4.67. The summed E-state index contributed by atoms with van der Waals surface area (Å²) in [7, 11) is 2.05. The summed E-state index contributed by atoms with van der Waals surface area (Å²) in [6, 6.07) is 10.2. The van der Waals surface area contributed by atoms with Gasteiger partial charge in [0.2, 0.25) is 0 Å². The van der Waals surface area contributed by atoms with Crippen LogP contribution in [0.25, 0.3) is 10.2 Å². The van der Waals surface area contributed by atoms with E-state index in [0.717, 1.165) is 27.1 Å². The zero-order chi connectivity index (χ0) is 14.8. The molecule has 0 amide bonds. The number of benzene rings is 1. The molecule has 0 fully saturated rings. The molecule has 0 unspecified atom stereocenters. The number of nitrogens with zero attached hydrogens (tertiary/aromatic N) is 3. The monoisotopic (exact) mass is 381 g/mol. The molecular weight excluding hydrogens is 370 g/mol. The summed E-state index contributed by atoms with van der Waals surface area (Å²) < 4.78 is 1.09. The van der Waals surface area contributed by atoms with Crippen LogP contribution >= 0.6 is 38.9 Å². The van der Waals surface area contributed by atoms with Crippen molar-refractivity contribution in [2.75, 3.05) is 7.05 Å². The zero-order valence-corrected chi connectivity index (χ0v) is 14.5. The lowest BCUT2D eigenvalue weighted by molar-refractivity contribution is 0.311. The molecule has 3 aromatic rings. The van der Waals surface area contributed by atoms with E-state index >= 15 is 0 Å². The topological polar surface area (TPSA) is 29.0 Å². The third-order valence-electron chi connectivity index (χ3n) is 3.08. The van der Waals surface area contributed by atoms with Gasteiger partial charge in [-0.05, 0) is 36.2 Å². The van der Waals surface area contributed by atoms with Gasteiger partial charge in [0, 0.05) is 16.4 Å². The second-order valence-electron chi connectivity index (χ2n) is 4.87. The van der Waals surface area contributed by atoms with Crippen LogP contribution in [0.3, 0.4) is 0 Å². The Kier molecular flexibility index (Phi) is 4.54. The van der Waals surface area contributed by atoms with E-state index in [1.54, 1.807) is 11.3 Å². The number of rotatable bonds is 4. The maximum absolute atomic E-state index is 6.20. The summed E-state index contributed by atoms with van der Waals surface area (Å²) >= 11 is 11.3. The molecule has 2 heterocycles. The molecule has 0 bridgehead atoms. The molecule has 0 radical (unpaired) electrons. The number of hydrogen-bond acceptors (Lipinski definition) is 4. The summed E-state index contributed by atoms with van der Waals surface area (Å²) in [6.45, 7) is 1.50. The predicted octanol–water partition coefficient (Wildman–Crippen LogP) is 4.74. The van der Waals surface area contributed by atoms with Crippen LogP contribution in [-0.2, 0) is 13.1 Å². The van der Waals surface area contributed by atoms with Gasteiger partial charge in [-0.15, -0.1) is 11.3 Å². The van der Waals surface area contributed by atoms with Crippen LogP contribution in [0.1, 0.15) is 11.4 Å². The lowest BCUT2D eigenvalue weighted by Gasteiger charge is -2.16. The third kappa shape index (κ3) is 3.61. The van der Waals surface area contributed by atoms with Gasteiger partial charge in [-0.1, -0.05) is 39.7 Å². The van der Waals surface area contributed by atoms with Crippen LogP contribution in [0.15, 0.2) is 40.2 Å². The first-order valence-electron chi connectivity index (χ1n) is 6.44. The van der Waals surface area contributed by atoms with Crippen molar-refractivity contribution < 1.29 is 0 Å². The molecule has 3 rings (SSSR count). The number of thiophene rings is 1. The molecule has 0 atom stereocenters. The van der Waals surface area contributed by atoms with Crippen molar-refractivity contribution in [3.05, 3.63) is 56.7 Å².